The van der Waals surface area contributed by atoms with Gasteiger partial charge < -0.3 is 5.32 Å². The molecule has 2 aromatic rings. The van der Waals surface area contributed by atoms with Gasteiger partial charge in [0.25, 0.3) is 0 Å². The third-order valence-corrected chi connectivity index (χ3v) is 7.03. The molecule has 0 spiro atoms. The van der Waals surface area contributed by atoms with Gasteiger partial charge in [0, 0.05) is 17.5 Å². The molecule has 1 fully saturated rings. The normalized spacial score (nSPS) is 18.6. The molecule has 1 amide bonds. The quantitative estimate of drug-likeness (QED) is 0.645. The highest BCUT2D eigenvalue weighted by Crippen LogP contribution is 2.27. The van der Waals surface area contributed by atoms with Crippen molar-refractivity contribution >= 4 is 17.5 Å². The minimum atomic E-state index is 0.122. The van der Waals surface area contributed by atoms with Crippen molar-refractivity contribution in [2.24, 2.45) is 5.92 Å². The smallest absolute Gasteiger partial charge is 0.223 e. The average molecular weight is 425 g/mol. The number of rotatable bonds is 6. The zero-order chi connectivity index (χ0) is 20.9. The van der Waals surface area contributed by atoms with Crippen LogP contribution in [0.4, 0.5) is 0 Å². The van der Waals surface area contributed by atoms with Gasteiger partial charge in [-0.1, -0.05) is 48.9 Å². The van der Waals surface area contributed by atoms with Gasteiger partial charge in [0.2, 0.25) is 5.91 Å². The maximum atomic E-state index is 13.0. The van der Waals surface area contributed by atoms with E-state index < -0.39 is 0 Å². The molecule has 4 heteroatoms. The Morgan fingerprint density at radius 3 is 2.47 bits per heavy atom. The number of piperidine rings is 1. The molecule has 0 bridgehead atoms. The summed E-state index contributed by atoms with van der Waals surface area (Å²) in [6.45, 7) is 5.03. The van der Waals surface area contributed by atoms with Crippen molar-refractivity contribution in [2.45, 2.75) is 64.5 Å². The fourth-order valence-electron chi connectivity index (χ4n) is 4.88. The number of nitrogens with one attached hydrogen (secondary N) is 1. The van der Waals surface area contributed by atoms with Gasteiger partial charge in [0.15, 0.2) is 0 Å². The SMILES string of the molecule is CC[C@@H](NC(=O)C1CCN(Cc2ccc(Cl)cc2)CC1)c1ccc2c(c1)CCCC2. The lowest BCUT2D eigenvalue weighted by Crippen LogP contribution is -2.41. The van der Waals surface area contributed by atoms with Gasteiger partial charge in [0.1, 0.15) is 0 Å². The number of carbonyl (C=O) groups is 1. The lowest BCUT2D eigenvalue weighted by Gasteiger charge is -2.32. The number of hydrogen-bond acceptors (Lipinski definition) is 2. The summed E-state index contributed by atoms with van der Waals surface area (Å²) in [6.07, 6.45) is 7.76. The Kier molecular flexibility index (Phi) is 7.12. The zero-order valence-electron chi connectivity index (χ0n) is 18.0. The highest BCUT2D eigenvalue weighted by Gasteiger charge is 2.27. The predicted octanol–water partition coefficient (Wildman–Crippen LogP) is 5.70. The van der Waals surface area contributed by atoms with Gasteiger partial charge >= 0.3 is 0 Å². The summed E-state index contributed by atoms with van der Waals surface area (Å²) >= 11 is 5.98. The third kappa shape index (κ3) is 5.25. The van der Waals surface area contributed by atoms with E-state index in [0.29, 0.717) is 0 Å². The van der Waals surface area contributed by atoms with E-state index in [9.17, 15) is 4.79 Å². The summed E-state index contributed by atoms with van der Waals surface area (Å²) in [6, 6.07) is 15.1. The number of nitrogens with zero attached hydrogens (tertiary/aromatic N) is 1. The molecule has 2 aliphatic rings. The van der Waals surface area contributed by atoms with Gasteiger partial charge in [-0.15, -0.1) is 0 Å². The number of halogens is 1. The molecule has 30 heavy (non-hydrogen) atoms. The molecule has 1 aliphatic heterocycles. The summed E-state index contributed by atoms with van der Waals surface area (Å²) < 4.78 is 0. The van der Waals surface area contributed by atoms with Crippen LogP contribution in [0.15, 0.2) is 42.5 Å². The molecule has 2 aromatic carbocycles. The Balaban J connectivity index is 1.30. The van der Waals surface area contributed by atoms with Gasteiger partial charge in [-0.05, 0) is 92.4 Å². The number of benzene rings is 2. The van der Waals surface area contributed by atoms with Gasteiger partial charge in [0.05, 0.1) is 6.04 Å². The Hall–Kier alpha value is -1.84. The lowest BCUT2D eigenvalue weighted by atomic mass is 9.88. The summed E-state index contributed by atoms with van der Waals surface area (Å²) in [5, 5.41) is 4.13. The Morgan fingerprint density at radius 1 is 1.07 bits per heavy atom. The third-order valence-electron chi connectivity index (χ3n) is 6.78. The number of hydrogen-bond donors (Lipinski definition) is 1. The molecule has 0 unspecified atom stereocenters. The van der Waals surface area contributed by atoms with Crippen LogP contribution in [-0.2, 0) is 24.2 Å². The molecule has 3 nitrogen and oxygen atoms in total. The first kappa shape index (κ1) is 21.4. The second-order valence-electron chi connectivity index (χ2n) is 8.88. The van der Waals surface area contributed by atoms with Crippen LogP contribution in [0.2, 0.25) is 5.02 Å². The van der Waals surface area contributed by atoms with Gasteiger partial charge in [-0.25, -0.2) is 0 Å². The molecule has 1 saturated heterocycles. The van der Waals surface area contributed by atoms with Crippen LogP contribution in [0.1, 0.15) is 67.3 Å². The van der Waals surface area contributed by atoms with Crippen LogP contribution in [0.5, 0.6) is 0 Å². The van der Waals surface area contributed by atoms with Crippen LogP contribution >= 0.6 is 11.6 Å². The van der Waals surface area contributed by atoms with Crippen LogP contribution < -0.4 is 5.32 Å². The fraction of sp³-hybridized carbons (Fsp3) is 0.500. The monoisotopic (exact) mass is 424 g/mol. The van der Waals surface area contributed by atoms with Crippen molar-refractivity contribution < 1.29 is 4.79 Å². The van der Waals surface area contributed by atoms with E-state index in [0.717, 1.165) is 43.9 Å². The predicted molar refractivity (Wildman–Crippen MR) is 124 cm³/mol. The summed E-state index contributed by atoms with van der Waals surface area (Å²) in [4.78, 5) is 15.4. The molecule has 0 aromatic heterocycles. The topological polar surface area (TPSA) is 32.3 Å². The van der Waals surface area contributed by atoms with E-state index in [-0.39, 0.29) is 17.9 Å². The molecular formula is C26H33ClN2O. The van der Waals surface area contributed by atoms with Crippen LogP contribution in [0.25, 0.3) is 0 Å². The first-order valence-corrected chi connectivity index (χ1v) is 11.9. The molecule has 1 N–H and O–H groups in total. The Morgan fingerprint density at radius 2 is 1.77 bits per heavy atom. The Bertz CT molecular complexity index is 856. The van der Waals surface area contributed by atoms with Crippen molar-refractivity contribution in [2.75, 3.05) is 13.1 Å². The Labute approximate surface area is 185 Å². The number of likely N-dealkylation sites (tertiary alicyclic amines) is 1. The van der Waals surface area contributed by atoms with Crippen molar-refractivity contribution in [1.82, 2.24) is 10.2 Å². The molecule has 4 rings (SSSR count). The van der Waals surface area contributed by atoms with E-state index in [1.165, 1.54) is 47.9 Å². The van der Waals surface area contributed by atoms with E-state index in [1.807, 2.05) is 12.1 Å². The standard InChI is InChI=1S/C26H33ClN2O/c1-2-25(23-10-9-20-5-3-4-6-22(20)17-23)28-26(30)21-13-15-29(16-14-21)18-19-7-11-24(27)12-8-19/h7-12,17,21,25H,2-6,13-16,18H2,1H3,(H,28,30)/t25-/m1/s1. The molecule has 1 aliphatic carbocycles. The van der Waals surface area contributed by atoms with E-state index in [2.05, 4.69) is 47.5 Å². The van der Waals surface area contributed by atoms with Crippen molar-refractivity contribution in [3.63, 3.8) is 0 Å². The second kappa shape index (κ2) is 9.98. The highest BCUT2D eigenvalue weighted by molar-refractivity contribution is 6.30. The van der Waals surface area contributed by atoms with E-state index in [4.69, 9.17) is 11.6 Å². The maximum Gasteiger partial charge on any atom is 0.223 e. The number of fused-ring (bicyclic) bond motifs is 1. The number of aryl methyl sites for hydroxylation is 2. The molecule has 0 saturated carbocycles. The zero-order valence-corrected chi connectivity index (χ0v) is 18.8. The molecule has 0 radical (unpaired) electrons. The molecular weight excluding hydrogens is 392 g/mol. The van der Waals surface area contributed by atoms with Crippen molar-refractivity contribution in [1.29, 1.82) is 0 Å². The number of amides is 1. The second-order valence-corrected chi connectivity index (χ2v) is 9.32. The van der Waals surface area contributed by atoms with Crippen molar-refractivity contribution in [3.05, 3.63) is 69.7 Å². The van der Waals surface area contributed by atoms with Crippen molar-refractivity contribution in [3.8, 4) is 0 Å². The minimum Gasteiger partial charge on any atom is -0.349 e. The van der Waals surface area contributed by atoms with E-state index in [1.54, 1.807) is 0 Å². The summed E-state index contributed by atoms with van der Waals surface area (Å²) in [5.41, 5.74) is 5.54. The molecule has 1 atom stereocenters. The molecule has 1 heterocycles. The first-order valence-electron chi connectivity index (χ1n) is 11.5. The van der Waals surface area contributed by atoms with Gasteiger partial charge in [-0.2, -0.15) is 0 Å². The summed E-state index contributed by atoms with van der Waals surface area (Å²) in [7, 11) is 0. The first-order chi connectivity index (χ1) is 14.6. The maximum absolute atomic E-state index is 13.0. The van der Waals surface area contributed by atoms with Crippen LogP contribution in [-0.4, -0.2) is 23.9 Å². The van der Waals surface area contributed by atoms with Crippen LogP contribution in [0.3, 0.4) is 0 Å². The molecule has 160 valence electrons. The largest absolute Gasteiger partial charge is 0.349 e. The average Bonchev–Trinajstić information content (AvgIpc) is 2.79. The number of carbonyl (C=O) groups excluding carboxylic acids is 1. The van der Waals surface area contributed by atoms with E-state index >= 15 is 0 Å². The van der Waals surface area contributed by atoms with Crippen LogP contribution in [0, 0.1) is 5.92 Å². The minimum absolute atomic E-state index is 0.122. The summed E-state index contributed by atoms with van der Waals surface area (Å²) in [5.74, 6) is 0.351. The fourth-order valence-corrected chi connectivity index (χ4v) is 5.01. The highest BCUT2D eigenvalue weighted by atomic mass is 35.5. The lowest BCUT2D eigenvalue weighted by molar-refractivity contribution is -0.127. The van der Waals surface area contributed by atoms with Gasteiger partial charge in [-0.3, -0.25) is 9.69 Å².